The summed E-state index contributed by atoms with van der Waals surface area (Å²) in [6.45, 7) is 8.19. The van der Waals surface area contributed by atoms with E-state index in [1.165, 1.54) is 5.56 Å². The van der Waals surface area contributed by atoms with Gasteiger partial charge in [0.25, 0.3) is 0 Å². The van der Waals surface area contributed by atoms with Gasteiger partial charge < -0.3 is 10.2 Å². The molecular weight excluding hydrogens is 300 g/mol. The molecule has 5 heteroatoms. The van der Waals surface area contributed by atoms with Crippen LogP contribution in [-0.2, 0) is 11.3 Å². The summed E-state index contributed by atoms with van der Waals surface area (Å²) in [5, 5.41) is 11.8. The maximum atomic E-state index is 7.62. The summed E-state index contributed by atoms with van der Waals surface area (Å²) in [6.07, 6.45) is 1.63. The highest BCUT2D eigenvalue weighted by Crippen LogP contribution is 2.07. The lowest BCUT2D eigenvalue weighted by Crippen LogP contribution is -2.03. The predicted octanol–water partition coefficient (Wildman–Crippen LogP) is 3.85. The molecule has 5 nitrogen and oxygen atoms in total. The van der Waals surface area contributed by atoms with E-state index in [1.54, 1.807) is 6.92 Å². The standard InChI is InChI=1S/C19H24N4O/c1-13-11-14(2)21-19(12-13)16(4)23-24-10-6-8-17-7-5-9-18(22-17)15(3)20/h5,7,9,11-12,20H,6,8,10H2,1-4H3/b20-15?,23-16+. The number of aromatic nitrogens is 2. The first kappa shape index (κ1) is 17.8. The van der Waals surface area contributed by atoms with Gasteiger partial charge in [-0.15, -0.1) is 0 Å². The van der Waals surface area contributed by atoms with Crippen LogP contribution in [0.3, 0.4) is 0 Å². The molecule has 24 heavy (non-hydrogen) atoms. The number of rotatable bonds is 7. The minimum atomic E-state index is 0.481. The van der Waals surface area contributed by atoms with E-state index in [4.69, 9.17) is 10.2 Å². The molecule has 0 saturated carbocycles. The maximum Gasteiger partial charge on any atom is 0.117 e. The van der Waals surface area contributed by atoms with Crippen LogP contribution in [0.15, 0.2) is 35.5 Å². The highest BCUT2D eigenvalue weighted by atomic mass is 16.6. The predicted molar refractivity (Wildman–Crippen MR) is 96.9 cm³/mol. The molecule has 0 aliphatic heterocycles. The van der Waals surface area contributed by atoms with Gasteiger partial charge in [0, 0.05) is 11.4 Å². The Morgan fingerprint density at radius 1 is 1.12 bits per heavy atom. The van der Waals surface area contributed by atoms with E-state index in [0.29, 0.717) is 12.3 Å². The molecule has 0 unspecified atom stereocenters. The lowest BCUT2D eigenvalue weighted by molar-refractivity contribution is 0.141. The Bertz CT molecular complexity index is 733. The fourth-order valence-corrected chi connectivity index (χ4v) is 2.36. The third-order valence-corrected chi connectivity index (χ3v) is 3.53. The molecule has 0 fully saturated rings. The van der Waals surface area contributed by atoms with Crippen molar-refractivity contribution in [2.24, 2.45) is 5.16 Å². The zero-order chi connectivity index (χ0) is 17.5. The Morgan fingerprint density at radius 3 is 2.62 bits per heavy atom. The van der Waals surface area contributed by atoms with Crippen molar-refractivity contribution < 1.29 is 4.84 Å². The molecule has 2 aromatic heterocycles. The molecular formula is C19H24N4O. The second-order valence-corrected chi connectivity index (χ2v) is 5.92. The zero-order valence-corrected chi connectivity index (χ0v) is 14.8. The lowest BCUT2D eigenvalue weighted by Gasteiger charge is -2.05. The van der Waals surface area contributed by atoms with Crippen LogP contribution in [-0.4, -0.2) is 28.0 Å². The molecule has 126 valence electrons. The van der Waals surface area contributed by atoms with E-state index in [1.807, 2.05) is 51.1 Å². The van der Waals surface area contributed by atoms with Gasteiger partial charge in [0.1, 0.15) is 12.3 Å². The van der Waals surface area contributed by atoms with Crippen LogP contribution < -0.4 is 0 Å². The van der Waals surface area contributed by atoms with Crippen LogP contribution in [0, 0.1) is 19.3 Å². The van der Waals surface area contributed by atoms with Crippen LogP contribution in [0.5, 0.6) is 0 Å². The van der Waals surface area contributed by atoms with Crippen molar-refractivity contribution in [3.8, 4) is 0 Å². The molecule has 2 heterocycles. The molecule has 0 bridgehead atoms. The van der Waals surface area contributed by atoms with Crippen molar-refractivity contribution in [3.05, 3.63) is 58.7 Å². The van der Waals surface area contributed by atoms with Crippen molar-refractivity contribution in [2.75, 3.05) is 6.61 Å². The lowest BCUT2D eigenvalue weighted by atomic mass is 10.2. The zero-order valence-electron chi connectivity index (χ0n) is 14.8. The largest absolute Gasteiger partial charge is 0.396 e. The first-order chi connectivity index (χ1) is 11.5. The number of aryl methyl sites for hydroxylation is 3. The molecule has 1 N–H and O–H groups in total. The highest BCUT2D eigenvalue weighted by molar-refractivity contribution is 5.96. The molecule has 2 aromatic rings. The molecule has 0 aliphatic rings. The normalized spacial score (nSPS) is 11.4. The number of nitrogens with zero attached hydrogens (tertiary/aromatic N) is 3. The van der Waals surface area contributed by atoms with E-state index in [0.717, 1.165) is 41.3 Å². The third kappa shape index (κ3) is 5.26. The average molecular weight is 324 g/mol. The van der Waals surface area contributed by atoms with Crippen molar-refractivity contribution in [1.82, 2.24) is 9.97 Å². The van der Waals surface area contributed by atoms with Gasteiger partial charge in [-0.05, 0) is 70.4 Å². The molecule has 0 aromatic carbocycles. The molecule has 0 spiro atoms. The monoisotopic (exact) mass is 324 g/mol. The second kappa shape index (κ2) is 8.34. The summed E-state index contributed by atoms with van der Waals surface area (Å²) in [5.41, 5.74) is 5.95. The van der Waals surface area contributed by atoms with E-state index in [2.05, 4.69) is 15.1 Å². The first-order valence-electron chi connectivity index (χ1n) is 8.09. The van der Waals surface area contributed by atoms with Crippen molar-refractivity contribution in [1.29, 1.82) is 5.41 Å². The van der Waals surface area contributed by atoms with Crippen LogP contribution >= 0.6 is 0 Å². The quantitative estimate of drug-likeness (QED) is 0.477. The Balaban J connectivity index is 1.84. The van der Waals surface area contributed by atoms with Crippen LogP contribution in [0.25, 0.3) is 0 Å². The minimum Gasteiger partial charge on any atom is -0.396 e. The summed E-state index contributed by atoms with van der Waals surface area (Å²) in [7, 11) is 0. The van der Waals surface area contributed by atoms with Crippen molar-refractivity contribution in [3.63, 3.8) is 0 Å². The van der Waals surface area contributed by atoms with Gasteiger partial charge >= 0.3 is 0 Å². The Morgan fingerprint density at radius 2 is 1.92 bits per heavy atom. The van der Waals surface area contributed by atoms with Gasteiger partial charge in [-0.1, -0.05) is 11.2 Å². The molecule has 0 atom stereocenters. The third-order valence-electron chi connectivity index (χ3n) is 3.53. The molecule has 0 saturated heterocycles. The molecule has 0 amide bonds. The number of nitrogens with one attached hydrogen (secondary N) is 1. The van der Waals surface area contributed by atoms with E-state index < -0.39 is 0 Å². The van der Waals surface area contributed by atoms with Crippen molar-refractivity contribution in [2.45, 2.75) is 40.5 Å². The van der Waals surface area contributed by atoms with Gasteiger partial charge in [0.15, 0.2) is 0 Å². The number of oxime groups is 1. The van der Waals surface area contributed by atoms with Crippen molar-refractivity contribution >= 4 is 11.4 Å². The van der Waals surface area contributed by atoms with Gasteiger partial charge in [-0.25, -0.2) is 0 Å². The number of pyridine rings is 2. The topological polar surface area (TPSA) is 71.2 Å². The molecule has 2 rings (SSSR count). The smallest absolute Gasteiger partial charge is 0.117 e. The minimum absolute atomic E-state index is 0.481. The van der Waals surface area contributed by atoms with Gasteiger partial charge in [0.2, 0.25) is 0 Å². The SMILES string of the molecule is CC(=N)c1cccc(CCCO/N=C(\C)c2cc(C)cc(C)n2)n1. The summed E-state index contributed by atoms with van der Waals surface area (Å²) in [6, 6.07) is 9.80. The highest BCUT2D eigenvalue weighted by Gasteiger charge is 2.03. The van der Waals surface area contributed by atoms with E-state index >= 15 is 0 Å². The summed E-state index contributed by atoms with van der Waals surface area (Å²) < 4.78 is 0. The summed E-state index contributed by atoms with van der Waals surface area (Å²) >= 11 is 0. The fraction of sp³-hybridized carbons (Fsp3) is 0.368. The van der Waals surface area contributed by atoms with Crippen LogP contribution in [0.1, 0.15) is 48.6 Å². The van der Waals surface area contributed by atoms with Crippen LogP contribution in [0.4, 0.5) is 0 Å². The van der Waals surface area contributed by atoms with Crippen LogP contribution in [0.2, 0.25) is 0 Å². The Labute approximate surface area is 143 Å². The average Bonchev–Trinajstić information content (AvgIpc) is 2.53. The number of hydrogen-bond donors (Lipinski definition) is 1. The van der Waals surface area contributed by atoms with Gasteiger partial charge in [0.05, 0.1) is 17.1 Å². The molecule has 0 radical (unpaired) electrons. The first-order valence-corrected chi connectivity index (χ1v) is 8.09. The maximum absolute atomic E-state index is 7.62. The Kier molecular flexibility index (Phi) is 6.18. The second-order valence-electron chi connectivity index (χ2n) is 5.92. The summed E-state index contributed by atoms with van der Waals surface area (Å²) in [5.74, 6) is 0. The Hall–Kier alpha value is -2.56. The number of hydrogen-bond acceptors (Lipinski definition) is 5. The van der Waals surface area contributed by atoms with E-state index in [9.17, 15) is 0 Å². The summed E-state index contributed by atoms with van der Waals surface area (Å²) in [4.78, 5) is 14.3. The van der Waals surface area contributed by atoms with E-state index in [-0.39, 0.29) is 0 Å². The molecule has 0 aliphatic carbocycles. The van der Waals surface area contributed by atoms with Gasteiger partial charge in [-0.2, -0.15) is 0 Å². The van der Waals surface area contributed by atoms with Gasteiger partial charge in [-0.3, -0.25) is 9.97 Å². The fourth-order valence-electron chi connectivity index (χ4n) is 2.36.